The third kappa shape index (κ3) is 4.45. The lowest BCUT2D eigenvalue weighted by molar-refractivity contribution is -0.116. The normalized spacial score (nSPS) is 12.6. The van der Waals surface area contributed by atoms with Crippen molar-refractivity contribution in [3.8, 4) is 5.88 Å². The van der Waals surface area contributed by atoms with E-state index in [-0.39, 0.29) is 11.8 Å². The molecule has 6 nitrogen and oxygen atoms in total. The summed E-state index contributed by atoms with van der Waals surface area (Å²) in [6, 6.07) is 9.22. The Bertz CT molecular complexity index is 835. The minimum absolute atomic E-state index is 0.0260. The number of amides is 2. The van der Waals surface area contributed by atoms with Crippen LogP contribution in [0.2, 0.25) is 0 Å². The second-order valence-electron chi connectivity index (χ2n) is 6.62. The van der Waals surface area contributed by atoms with Gasteiger partial charge in [-0.15, -0.1) is 0 Å². The number of ether oxygens (including phenoxy) is 1. The summed E-state index contributed by atoms with van der Waals surface area (Å²) in [5.41, 5.74) is 3.38. The van der Waals surface area contributed by atoms with Gasteiger partial charge in [-0.05, 0) is 42.7 Å². The van der Waals surface area contributed by atoms with E-state index >= 15 is 0 Å². The molecule has 3 rings (SSSR count). The van der Waals surface area contributed by atoms with E-state index in [9.17, 15) is 9.59 Å². The van der Waals surface area contributed by atoms with E-state index in [0.29, 0.717) is 31.1 Å². The van der Waals surface area contributed by atoms with Crippen LogP contribution in [0.15, 0.2) is 36.5 Å². The highest BCUT2D eigenvalue weighted by molar-refractivity contribution is 5.97. The molecule has 0 unspecified atom stereocenters. The van der Waals surface area contributed by atoms with E-state index in [1.165, 1.54) is 0 Å². The predicted octanol–water partition coefficient (Wildman–Crippen LogP) is 3.10. The number of carbonyl (C=O) groups is 2. The molecule has 2 aromatic rings. The number of nitrogens with zero attached hydrogens (tertiary/aromatic N) is 2. The van der Waals surface area contributed by atoms with Gasteiger partial charge in [-0.2, -0.15) is 0 Å². The van der Waals surface area contributed by atoms with Crippen molar-refractivity contribution in [3.63, 3.8) is 0 Å². The van der Waals surface area contributed by atoms with Crippen LogP contribution in [0.3, 0.4) is 0 Å². The number of rotatable bonds is 7. The van der Waals surface area contributed by atoms with E-state index in [0.717, 1.165) is 36.1 Å². The van der Waals surface area contributed by atoms with Crippen molar-refractivity contribution >= 4 is 17.5 Å². The van der Waals surface area contributed by atoms with Gasteiger partial charge in [-0.25, -0.2) is 4.98 Å². The maximum atomic E-state index is 12.6. The monoisotopic (exact) mass is 367 g/mol. The molecule has 27 heavy (non-hydrogen) atoms. The van der Waals surface area contributed by atoms with E-state index in [2.05, 4.69) is 17.2 Å². The Morgan fingerprint density at radius 2 is 2.15 bits per heavy atom. The molecule has 0 bridgehead atoms. The van der Waals surface area contributed by atoms with Crippen molar-refractivity contribution in [1.82, 2.24) is 10.3 Å². The predicted molar refractivity (Wildman–Crippen MR) is 104 cm³/mol. The molecule has 0 fully saturated rings. The fraction of sp³-hybridized carbons (Fsp3) is 0.381. The van der Waals surface area contributed by atoms with Gasteiger partial charge in [-0.1, -0.05) is 19.4 Å². The number of fused-ring (bicyclic) bond motifs is 1. The molecule has 0 spiro atoms. The van der Waals surface area contributed by atoms with Gasteiger partial charge in [-0.3, -0.25) is 9.59 Å². The third-order valence-electron chi connectivity index (χ3n) is 4.64. The average molecular weight is 367 g/mol. The summed E-state index contributed by atoms with van der Waals surface area (Å²) in [6.45, 7) is 5.31. The molecule has 1 aliphatic rings. The second kappa shape index (κ2) is 8.66. The molecule has 0 saturated carbocycles. The van der Waals surface area contributed by atoms with Crippen LogP contribution in [0.25, 0.3) is 0 Å². The molecule has 6 heteroatoms. The summed E-state index contributed by atoms with van der Waals surface area (Å²) in [5.74, 6) is 0.442. The summed E-state index contributed by atoms with van der Waals surface area (Å²) >= 11 is 0. The molecule has 1 aliphatic heterocycles. The van der Waals surface area contributed by atoms with Gasteiger partial charge in [0.25, 0.3) is 5.91 Å². The summed E-state index contributed by atoms with van der Waals surface area (Å²) in [7, 11) is 0. The average Bonchev–Trinajstić information content (AvgIpc) is 3.10. The molecular formula is C21H25N3O3. The maximum absolute atomic E-state index is 12.6. The first-order chi connectivity index (χ1) is 13.1. The van der Waals surface area contributed by atoms with E-state index in [1.807, 2.05) is 24.3 Å². The van der Waals surface area contributed by atoms with Crippen molar-refractivity contribution in [2.45, 2.75) is 39.7 Å². The lowest BCUT2D eigenvalue weighted by Gasteiger charge is -2.15. The molecule has 0 aliphatic carbocycles. The number of pyridine rings is 1. The number of aromatic nitrogens is 1. The van der Waals surface area contributed by atoms with Crippen LogP contribution in [0, 0.1) is 0 Å². The quantitative estimate of drug-likeness (QED) is 0.764. The lowest BCUT2D eigenvalue weighted by Crippen LogP contribution is -2.26. The largest absolute Gasteiger partial charge is 0.477 e. The number of nitrogens with one attached hydrogen (secondary N) is 1. The number of carbonyl (C=O) groups excluding carboxylic acids is 2. The van der Waals surface area contributed by atoms with Gasteiger partial charge in [0.1, 0.15) is 0 Å². The second-order valence-corrected chi connectivity index (χ2v) is 6.62. The van der Waals surface area contributed by atoms with Crippen molar-refractivity contribution in [3.05, 3.63) is 53.2 Å². The zero-order chi connectivity index (χ0) is 19.2. The van der Waals surface area contributed by atoms with Crippen LogP contribution in [0.5, 0.6) is 5.88 Å². The summed E-state index contributed by atoms with van der Waals surface area (Å²) in [5, 5.41) is 2.93. The molecule has 0 radical (unpaired) electrons. The van der Waals surface area contributed by atoms with Gasteiger partial charge < -0.3 is 15.0 Å². The first-order valence-corrected chi connectivity index (χ1v) is 9.36. The topological polar surface area (TPSA) is 71.5 Å². The minimum atomic E-state index is -0.151. The SMILES string of the molecule is CCCCOc1ncccc1CNC(=O)c1ccc2c(c1)CCN2C(C)=O. The fourth-order valence-corrected chi connectivity index (χ4v) is 3.15. The first-order valence-electron chi connectivity index (χ1n) is 9.36. The summed E-state index contributed by atoms with van der Waals surface area (Å²) in [4.78, 5) is 30.2. The number of hydrogen-bond donors (Lipinski definition) is 1. The van der Waals surface area contributed by atoms with Crippen molar-refractivity contribution < 1.29 is 14.3 Å². The summed E-state index contributed by atoms with van der Waals surface area (Å²) in [6.07, 6.45) is 4.48. The Kier molecular flexibility index (Phi) is 6.06. The number of unbranched alkanes of at least 4 members (excludes halogenated alkanes) is 1. The maximum Gasteiger partial charge on any atom is 0.251 e. The highest BCUT2D eigenvalue weighted by Crippen LogP contribution is 2.29. The molecule has 1 aromatic carbocycles. The van der Waals surface area contributed by atoms with Gasteiger partial charge in [0.2, 0.25) is 11.8 Å². The number of hydrogen-bond acceptors (Lipinski definition) is 4. The van der Waals surface area contributed by atoms with Crippen LogP contribution >= 0.6 is 0 Å². The summed E-state index contributed by atoms with van der Waals surface area (Å²) < 4.78 is 5.71. The van der Waals surface area contributed by atoms with Crippen LogP contribution in [-0.4, -0.2) is 29.9 Å². The van der Waals surface area contributed by atoms with Gasteiger partial charge in [0.05, 0.1) is 6.61 Å². The molecule has 0 saturated heterocycles. The van der Waals surface area contributed by atoms with Crippen LogP contribution in [-0.2, 0) is 17.8 Å². The van der Waals surface area contributed by atoms with Gasteiger partial charge in [0, 0.05) is 43.0 Å². The molecule has 142 valence electrons. The number of benzene rings is 1. The van der Waals surface area contributed by atoms with Crippen molar-refractivity contribution in [1.29, 1.82) is 0 Å². The Hall–Kier alpha value is -2.89. The Balaban J connectivity index is 1.65. The fourth-order valence-electron chi connectivity index (χ4n) is 3.15. The highest BCUT2D eigenvalue weighted by atomic mass is 16.5. The highest BCUT2D eigenvalue weighted by Gasteiger charge is 2.23. The van der Waals surface area contributed by atoms with Gasteiger partial charge >= 0.3 is 0 Å². The van der Waals surface area contributed by atoms with E-state index in [4.69, 9.17) is 4.74 Å². The minimum Gasteiger partial charge on any atom is -0.477 e. The third-order valence-corrected chi connectivity index (χ3v) is 4.64. The van der Waals surface area contributed by atoms with E-state index in [1.54, 1.807) is 24.1 Å². The molecule has 2 heterocycles. The first kappa shape index (κ1) is 18.9. The number of anilines is 1. The van der Waals surface area contributed by atoms with Crippen LogP contribution < -0.4 is 15.0 Å². The Labute approximate surface area is 159 Å². The zero-order valence-corrected chi connectivity index (χ0v) is 15.8. The molecule has 2 amide bonds. The lowest BCUT2D eigenvalue weighted by atomic mass is 10.1. The Morgan fingerprint density at radius 3 is 2.93 bits per heavy atom. The van der Waals surface area contributed by atoms with Crippen LogP contribution in [0.1, 0.15) is 48.2 Å². The van der Waals surface area contributed by atoms with Crippen molar-refractivity contribution in [2.24, 2.45) is 0 Å². The standard InChI is InChI=1S/C21H25N3O3/c1-3-4-12-27-21-18(6-5-10-22-21)14-23-20(26)17-7-8-19-16(13-17)9-11-24(19)15(2)25/h5-8,10,13H,3-4,9,11-12,14H2,1-2H3,(H,23,26). The van der Waals surface area contributed by atoms with Crippen molar-refractivity contribution in [2.75, 3.05) is 18.1 Å². The molecule has 1 N–H and O–H groups in total. The van der Waals surface area contributed by atoms with Gasteiger partial charge in [0.15, 0.2) is 0 Å². The molecule has 0 atom stereocenters. The van der Waals surface area contributed by atoms with Crippen LogP contribution in [0.4, 0.5) is 5.69 Å². The van der Waals surface area contributed by atoms with E-state index < -0.39 is 0 Å². The molecule has 1 aromatic heterocycles. The smallest absolute Gasteiger partial charge is 0.251 e. The Morgan fingerprint density at radius 1 is 1.30 bits per heavy atom. The molecular weight excluding hydrogens is 342 g/mol. The zero-order valence-electron chi connectivity index (χ0n) is 15.8.